The number of nitrogens with zero attached hydrogens (tertiary/aromatic N) is 5. The van der Waals surface area contributed by atoms with Gasteiger partial charge in [-0.25, -0.2) is 4.98 Å². The topological polar surface area (TPSA) is 82.2 Å². The second-order valence-electron chi connectivity index (χ2n) is 6.26. The molecule has 128 valence electrons. The zero-order valence-electron chi connectivity index (χ0n) is 13.7. The standard InChI is InChI=1S/C16H23N7O/c1-2-13(12-23(5-1)16-11-18-21-20-16)19-15-10-14(3-4-17-15)22-6-8-24-9-7-22/h3-4,10-11,13H,1-2,5-9,12H2,(H,17,19)(H,18,20,21)/t13-/m1/s1. The van der Waals surface area contributed by atoms with Gasteiger partial charge in [-0.1, -0.05) is 0 Å². The molecule has 0 radical (unpaired) electrons. The van der Waals surface area contributed by atoms with Crippen LogP contribution in [0, 0.1) is 0 Å². The summed E-state index contributed by atoms with van der Waals surface area (Å²) in [7, 11) is 0. The first-order valence-electron chi connectivity index (χ1n) is 8.54. The monoisotopic (exact) mass is 329 g/mol. The highest BCUT2D eigenvalue weighted by molar-refractivity contribution is 5.54. The molecule has 2 aromatic rings. The zero-order valence-corrected chi connectivity index (χ0v) is 13.7. The number of morpholine rings is 1. The smallest absolute Gasteiger partial charge is 0.170 e. The number of rotatable bonds is 4. The van der Waals surface area contributed by atoms with Crippen LogP contribution in [0.4, 0.5) is 17.3 Å². The lowest BCUT2D eigenvalue weighted by molar-refractivity contribution is 0.122. The second kappa shape index (κ2) is 7.04. The number of pyridine rings is 1. The number of aromatic nitrogens is 4. The lowest BCUT2D eigenvalue weighted by Gasteiger charge is -2.33. The Labute approximate surface area is 141 Å². The van der Waals surface area contributed by atoms with Crippen molar-refractivity contribution >= 4 is 17.3 Å². The molecular formula is C16H23N7O. The van der Waals surface area contributed by atoms with E-state index in [9.17, 15) is 0 Å². The van der Waals surface area contributed by atoms with E-state index in [2.05, 4.69) is 47.6 Å². The van der Waals surface area contributed by atoms with Crippen LogP contribution in [0.5, 0.6) is 0 Å². The number of ether oxygens (including phenoxy) is 1. The molecule has 2 fully saturated rings. The van der Waals surface area contributed by atoms with Crippen molar-refractivity contribution in [2.75, 3.05) is 54.5 Å². The summed E-state index contributed by atoms with van der Waals surface area (Å²) in [4.78, 5) is 9.10. The number of piperidine rings is 1. The highest BCUT2D eigenvalue weighted by Gasteiger charge is 2.22. The van der Waals surface area contributed by atoms with Gasteiger partial charge in [-0.3, -0.25) is 0 Å². The number of aromatic amines is 1. The molecule has 4 heterocycles. The highest BCUT2D eigenvalue weighted by Crippen LogP contribution is 2.22. The van der Waals surface area contributed by atoms with Gasteiger partial charge in [0.05, 0.1) is 19.4 Å². The van der Waals surface area contributed by atoms with Gasteiger partial charge in [-0.2, -0.15) is 10.3 Å². The Kier molecular flexibility index (Phi) is 4.46. The van der Waals surface area contributed by atoms with Crippen LogP contribution in [0.2, 0.25) is 0 Å². The van der Waals surface area contributed by atoms with E-state index in [-0.39, 0.29) is 0 Å². The molecule has 0 aromatic carbocycles. The van der Waals surface area contributed by atoms with Crippen molar-refractivity contribution in [2.45, 2.75) is 18.9 Å². The van der Waals surface area contributed by atoms with E-state index in [0.717, 1.165) is 63.9 Å². The van der Waals surface area contributed by atoms with Gasteiger partial charge < -0.3 is 19.9 Å². The molecule has 1 atom stereocenters. The Balaban J connectivity index is 1.41. The fourth-order valence-electron chi connectivity index (χ4n) is 3.38. The van der Waals surface area contributed by atoms with Crippen molar-refractivity contribution < 1.29 is 4.74 Å². The molecule has 2 aliphatic rings. The van der Waals surface area contributed by atoms with Crippen molar-refractivity contribution in [1.82, 2.24) is 20.4 Å². The molecule has 0 unspecified atom stereocenters. The molecule has 2 aliphatic heterocycles. The number of nitrogens with one attached hydrogen (secondary N) is 2. The van der Waals surface area contributed by atoms with Gasteiger partial charge in [-0.15, -0.1) is 5.10 Å². The molecule has 0 spiro atoms. The summed E-state index contributed by atoms with van der Waals surface area (Å²) in [6.07, 6.45) is 5.93. The Morgan fingerprint density at radius 3 is 2.96 bits per heavy atom. The van der Waals surface area contributed by atoms with Gasteiger partial charge in [0.1, 0.15) is 5.82 Å². The van der Waals surface area contributed by atoms with Crippen molar-refractivity contribution in [3.63, 3.8) is 0 Å². The van der Waals surface area contributed by atoms with Crippen LogP contribution in [0.15, 0.2) is 24.5 Å². The minimum Gasteiger partial charge on any atom is -0.378 e. The molecule has 2 saturated heterocycles. The summed E-state index contributed by atoms with van der Waals surface area (Å²) in [5, 5.41) is 14.4. The fraction of sp³-hybridized carbons (Fsp3) is 0.562. The van der Waals surface area contributed by atoms with Crippen molar-refractivity contribution in [2.24, 2.45) is 0 Å². The van der Waals surface area contributed by atoms with Crippen molar-refractivity contribution in [1.29, 1.82) is 0 Å². The van der Waals surface area contributed by atoms with Gasteiger partial charge in [0.25, 0.3) is 0 Å². The van der Waals surface area contributed by atoms with E-state index in [4.69, 9.17) is 4.74 Å². The van der Waals surface area contributed by atoms with E-state index in [0.29, 0.717) is 6.04 Å². The molecule has 2 N–H and O–H groups in total. The Morgan fingerprint density at radius 1 is 1.21 bits per heavy atom. The molecule has 8 nitrogen and oxygen atoms in total. The summed E-state index contributed by atoms with van der Waals surface area (Å²) < 4.78 is 5.43. The van der Waals surface area contributed by atoms with Crippen LogP contribution >= 0.6 is 0 Å². The normalized spacial score (nSPS) is 21.8. The summed E-state index contributed by atoms with van der Waals surface area (Å²) in [5.74, 6) is 1.85. The third-order valence-electron chi connectivity index (χ3n) is 4.62. The summed E-state index contributed by atoms with van der Waals surface area (Å²) in [6.45, 7) is 5.39. The first kappa shape index (κ1) is 15.2. The van der Waals surface area contributed by atoms with Crippen LogP contribution in [0.25, 0.3) is 0 Å². The molecular weight excluding hydrogens is 306 g/mol. The van der Waals surface area contributed by atoms with Gasteiger partial charge in [-0.05, 0) is 18.9 Å². The maximum Gasteiger partial charge on any atom is 0.170 e. The molecule has 4 rings (SSSR count). The fourth-order valence-corrected chi connectivity index (χ4v) is 3.38. The largest absolute Gasteiger partial charge is 0.378 e. The van der Waals surface area contributed by atoms with Crippen LogP contribution in [-0.4, -0.2) is 65.8 Å². The van der Waals surface area contributed by atoms with Gasteiger partial charge in [0.2, 0.25) is 0 Å². The predicted molar refractivity (Wildman–Crippen MR) is 92.5 cm³/mol. The maximum absolute atomic E-state index is 5.43. The van der Waals surface area contributed by atoms with E-state index in [1.165, 1.54) is 5.69 Å². The first-order valence-corrected chi connectivity index (χ1v) is 8.54. The molecule has 2 aromatic heterocycles. The minimum atomic E-state index is 0.364. The molecule has 0 aliphatic carbocycles. The van der Waals surface area contributed by atoms with Gasteiger partial charge in [0.15, 0.2) is 5.82 Å². The lowest BCUT2D eigenvalue weighted by Crippen LogP contribution is -2.42. The number of hydrogen-bond donors (Lipinski definition) is 2. The van der Waals surface area contributed by atoms with Crippen LogP contribution in [0.1, 0.15) is 12.8 Å². The summed E-state index contributed by atoms with van der Waals surface area (Å²) >= 11 is 0. The van der Waals surface area contributed by atoms with E-state index >= 15 is 0 Å². The Bertz CT molecular complexity index is 642. The van der Waals surface area contributed by atoms with Crippen LogP contribution < -0.4 is 15.1 Å². The van der Waals surface area contributed by atoms with Crippen molar-refractivity contribution in [3.8, 4) is 0 Å². The average molecular weight is 329 g/mol. The second-order valence-corrected chi connectivity index (χ2v) is 6.26. The summed E-state index contributed by atoms with van der Waals surface area (Å²) in [6, 6.07) is 4.57. The molecule has 0 bridgehead atoms. The van der Waals surface area contributed by atoms with Crippen molar-refractivity contribution in [3.05, 3.63) is 24.5 Å². The molecule has 0 saturated carbocycles. The first-order chi connectivity index (χ1) is 11.9. The van der Waals surface area contributed by atoms with E-state index < -0.39 is 0 Å². The van der Waals surface area contributed by atoms with Crippen LogP contribution in [0.3, 0.4) is 0 Å². The van der Waals surface area contributed by atoms with E-state index in [1.807, 2.05) is 6.20 Å². The van der Waals surface area contributed by atoms with Gasteiger partial charge >= 0.3 is 0 Å². The van der Waals surface area contributed by atoms with Gasteiger partial charge in [0, 0.05) is 50.2 Å². The third-order valence-corrected chi connectivity index (χ3v) is 4.62. The minimum absolute atomic E-state index is 0.364. The Hall–Kier alpha value is -2.35. The maximum atomic E-state index is 5.43. The number of anilines is 3. The quantitative estimate of drug-likeness (QED) is 0.870. The lowest BCUT2D eigenvalue weighted by atomic mass is 10.1. The predicted octanol–water partition coefficient (Wildman–Crippen LogP) is 1.12. The van der Waals surface area contributed by atoms with E-state index in [1.54, 1.807) is 6.20 Å². The third kappa shape index (κ3) is 3.43. The summed E-state index contributed by atoms with van der Waals surface area (Å²) in [5.41, 5.74) is 1.21. The van der Waals surface area contributed by atoms with Crippen LogP contribution in [-0.2, 0) is 4.74 Å². The molecule has 8 heteroatoms. The number of H-pyrrole nitrogens is 1. The average Bonchev–Trinajstić information content (AvgIpc) is 3.18. The SMILES string of the molecule is c1cc(N2CCOCC2)cc(N[C@@H]2CCCN(c3cn[nH]n3)C2)n1. The molecule has 0 amide bonds. The molecule has 24 heavy (non-hydrogen) atoms. The Morgan fingerprint density at radius 2 is 2.12 bits per heavy atom. The number of hydrogen-bond acceptors (Lipinski definition) is 7. The highest BCUT2D eigenvalue weighted by atomic mass is 16.5. The zero-order chi connectivity index (χ0) is 16.2.